The largest absolute Gasteiger partial charge is 0.468 e. The Bertz CT molecular complexity index is 734. The molecule has 1 aromatic carbocycles. The minimum Gasteiger partial charge on any atom is -0.468 e. The van der Waals surface area contributed by atoms with E-state index in [1.54, 1.807) is 24.3 Å². The van der Waals surface area contributed by atoms with Crippen molar-refractivity contribution in [2.45, 2.75) is 11.4 Å². The first-order chi connectivity index (χ1) is 9.04. The highest BCUT2D eigenvalue weighted by atomic mass is 79.9. The van der Waals surface area contributed by atoms with Crippen molar-refractivity contribution in [3.63, 3.8) is 0 Å². The Labute approximate surface area is 116 Å². The Kier molecular flexibility index (Phi) is 3.84. The smallest absolute Gasteiger partial charge is 0.321 e. The summed E-state index contributed by atoms with van der Waals surface area (Å²) in [6.45, 7) is -0.00835. The lowest BCUT2D eigenvalue weighted by Gasteiger charge is -2.10. The number of esters is 1. The minimum absolute atomic E-state index is 0.00835. The van der Waals surface area contributed by atoms with Crippen LogP contribution in [0.25, 0.3) is 10.8 Å². The maximum Gasteiger partial charge on any atom is 0.321 e. The fourth-order valence-corrected chi connectivity index (χ4v) is 2.21. The molecule has 0 aliphatic heterocycles. The number of carbonyl (C=O) groups is 1. The molecule has 2 rings (SSSR count). The molecule has 0 aliphatic rings. The van der Waals surface area contributed by atoms with E-state index in [-0.39, 0.29) is 17.7 Å². The van der Waals surface area contributed by atoms with Gasteiger partial charge in [0.25, 0.3) is 11.1 Å². The molecule has 1 aromatic heterocycles. The van der Waals surface area contributed by atoms with E-state index < -0.39 is 10.8 Å². The summed E-state index contributed by atoms with van der Waals surface area (Å²) >= 11 is 3.11. The van der Waals surface area contributed by atoms with Crippen molar-refractivity contribution in [1.82, 2.24) is 9.78 Å². The minimum atomic E-state index is -0.702. The number of nitrogens with one attached hydrogen (secondary N) is 1. The van der Waals surface area contributed by atoms with Crippen molar-refractivity contribution in [2.75, 3.05) is 7.11 Å². The SMILES string of the molecule is COC(=O)C(Br)Cn1[nH]c(=O)c2ccccc2c1=O. The summed E-state index contributed by atoms with van der Waals surface area (Å²) in [5.41, 5.74) is -0.733. The van der Waals surface area contributed by atoms with E-state index in [9.17, 15) is 14.4 Å². The Hall–Kier alpha value is -1.89. The zero-order valence-corrected chi connectivity index (χ0v) is 11.6. The van der Waals surface area contributed by atoms with Gasteiger partial charge in [-0.3, -0.25) is 19.5 Å². The Morgan fingerprint density at radius 1 is 1.37 bits per heavy atom. The summed E-state index contributed by atoms with van der Waals surface area (Å²) in [6, 6.07) is 6.51. The van der Waals surface area contributed by atoms with E-state index in [1.165, 1.54) is 7.11 Å². The van der Waals surface area contributed by atoms with Crippen molar-refractivity contribution < 1.29 is 9.53 Å². The number of H-pyrrole nitrogens is 1. The average molecular weight is 327 g/mol. The highest BCUT2D eigenvalue weighted by molar-refractivity contribution is 9.10. The third-order valence-corrected chi connectivity index (χ3v) is 3.35. The number of benzene rings is 1. The molecule has 2 aromatic rings. The average Bonchev–Trinajstić information content (AvgIpc) is 2.43. The van der Waals surface area contributed by atoms with Crippen LogP contribution in [0.4, 0.5) is 0 Å². The number of aromatic amines is 1. The Balaban J connectivity index is 2.51. The molecule has 0 saturated carbocycles. The molecule has 0 aliphatic carbocycles. The lowest BCUT2D eigenvalue weighted by molar-refractivity contribution is -0.140. The van der Waals surface area contributed by atoms with E-state index in [2.05, 4.69) is 25.8 Å². The van der Waals surface area contributed by atoms with E-state index in [0.717, 1.165) is 4.68 Å². The van der Waals surface area contributed by atoms with E-state index in [4.69, 9.17) is 0 Å². The van der Waals surface area contributed by atoms with Crippen LogP contribution in [0.2, 0.25) is 0 Å². The first-order valence-electron chi connectivity index (χ1n) is 5.48. The number of nitrogens with zero attached hydrogens (tertiary/aromatic N) is 1. The van der Waals surface area contributed by atoms with Crippen LogP contribution < -0.4 is 11.1 Å². The van der Waals surface area contributed by atoms with Gasteiger partial charge in [-0.1, -0.05) is 28.1 Å². The van der Waals surface area contributed by atoms with Crippen LogP contribution in [0, 0.1) is 0 Å². The molecule has 100 valence electrons. The van der Waals surface area contributed by atoms with Gasteiger partial charge in [0.15, 0.2) is 0 Å². The fourth-order valence-electron chi connectivity index (χ4n) is 1.74. The van der Waals surface area contributed by atoms with Gasteiger partial charge in [0.1, 0.15) is 4.83 Å². The second-order valence-corrected chi connectivity index (χ2v) is 5.00. The number of ether oxygens (including phenoxy) is 1. The predicted octanol–water partition coefficient (Wildman–Crippen LogP) is 0.626. The summed E-state index contributed by atoms with van der Waals surface area (Å²) in [5, 5.41) is 3.08. The topological polar surface area (TPSA) is 81.2 Å². The molecule has 6 nitrogen and oxygen atoms in total. The Morgan fingerprint density at radius 2 is 2.00 bits per heavy atom. The van der Waals surface area contributed by atoms with Crippen LogP contribution >= 0.6 is 15.9 Å². The van der Waals surface area contributed by atoms with E-state index >= 15 is 0 Å². The van der Waals surface area contributed by atoms with E-state index in [0.29, 0.717) is 10.8 Å². The van der Waals surface area contributed by atoms with E-state index in [1.807, 2.05) is 0 Å². The number of aromatic nitrogens is 2. The lowest BCUT2D eigenvalue weighted by Crippen LogP contribution is -2.34. The molecule has 0 bridgehead atoms. The van der Waals surface area contributed by atoms with Crippen molar-refractivity contribution in [3.8, 4) is 0 Å². The number of hydrogen-bond acceptors (Lipinski definition) is 4. The third-order valence-electron chi connectivity index (χ3n) is 2.68. The number of hydrogen-bond donors (Lipinski definition) is 1. The number of alkyl halides is 1. The molecule has 0 amide bonds. The maximum absolute atomic E-state index is 12.1. The first-order valence-corrected chi connectivity index (χ1v) is 6.40. The van der Waals surface area contributed by atoms with Gasteiger partial charge in [-0.2, -0.15) is 0 Å². The van der Waals surface area contributed by atoms with Gasteiger partial charge < -0.3 is 4.74 Å². The molecular formula is C12H11BrN2O4. The second-order valence-electron chi connectivity index (χ2n) is 3.89. The zero-order chi connectivity index (χ0) is 14.0. The zero-order valence-electron chi connectivity index (χ0n) is 10.1. The molecule has 7 heteroatoms. The van der Waals surface area contributed by atoms with Crippen LogP contribution in [-0.4, -0.2) is 27.7 Å². The summed E-state index contributed by atoms with van der Waals surface area (Å²) in [6.07, 6.45) is 0. The number of halogens is 1. The molecule has 1 N–H and O–H groups in total. The first kappa shape index (κ1) is 13.5. The highest BCUT2D eigenvalue weighted by Crippen LogP contribution is 2.06. The summed E-state index contributed by atoms with van der Waals surface area (Å²) in [5.74, 6) is -0.513. The van der Waals surface area contributed by atoms with Gasteiger partial charge in [0, 0.05) is 0 Å². The molecule has 0 saturated heterocycles. The van der Waals surface area contributed by atoms with Crippen LogP contribution in [0.15, 0.2) is 33.9 Å². The number of fused-ring (bicyclic) bond motifs is 1. The molecule has 0 radical (unpaired) electrons. The van der Waals surface area contributed by atoms with Crippen LogP contribution in [0.5, 0.6) is 0 Å². The van der Waals surface area contributed by atoms with Crippen LogP contribution in [0.1, 0.15) is 0 Å². The Morgan fingerprint density at radius 3 is 2.63 bits per heavy atom. The second kappa shape index (κ2) is 5.40. The van der Waals surface area contributed by atoms with Gasteiger partial charge in [-0.15, -0.1) is 0 Å². The van der Waals surface area contributed by atoms with Crippen molar-refractivity contribution >= 4 is 32.7 Å². The van der Waals surface area contributed by atoms with Gasteiger partial charge in [-0.05, 0) is 12.1 Å². The summed E-state index contributed by atoms with van der Waals surface area (Å²) in [7, 11) is 1.25. The maximum atomic E-state index is 12.1. The number of rotatable bonds is 3. The van der Waals surface area contributed by atoms with Crippen molar-refractivity contribution in [1.29, 1.82) is 0 Å². The van der Waals surface area contributed by atoms with Crippen molar-refractivity contribution in [2.24, 2.45) is 0 Å². The van der Waals surface area contributed by atoms with Gasteiger partial charge in [-0.25, -0.2) is 4.68 Å². The van der Waals surface area contributed by atoms with Crippen LogP contribution in [-0.2, 0) is 16.1 Å². The van der Waals surface area contributed by atoms with Gasteiger partial charge >= 0.3 is 5.97 Å². The van der Waals surface area contributed by atoms with Gasteiger partial charge in [0.2, 0.25) is 0 Å². The van der Waals surface area contributed by atoms with Crippen molar-refractivity contribution in [3.05, 3.63) is 45.0 Å². The lowest BCUT2D eigenvalue weighted by atomic mass is 10.2. The molecular weight excluding hydrogens is 316 g/mol. The number of methoxy groups -OCH3 is 1. The fraction of sp³-hybridized carbons (Fsp3) is 0.250. The third kappa shape index (κ3) is 2.60. The molecule has 0 fully saturated rings. The molecule has 0 spiro atoms. The predicted molar refractivity (Wildman–Crippen MR) is 73.6 cm³/mol. The number of carbonyl (C=O) groups excluding carboxylic acids is 1. The standard InChI is InChI=1S/C12H11BrN2O4/c1-19-12(18)9(13)6-15-11(17)8-5-3-2-4-7(8)10(16)14-15/h2-5,9H,6H2,1H3,(H,14,16). The molecule has 1 heterocycles. The van der Waals surface area contributed by atoms with Gasteiger partial charge in [0.05, 0.1) is 24.4 Å². The summed E-state index contributed by atoms with van der Waals surface area (Å²) < 4.78 is 5.65. The molecule has 19 heavy (non-hydrogen) atoms. The van der Waals surface area contributed by atoms with Crippen LogP contribution in [0.3, 0.4) is 0 Å². The molecule has 1 atom stereocenters. The monoisotopic (exact) mass is 326 g/mol. The molecule has 1 unspecified atom stereocenters. The highest BCUT2D eigenvalue weighted by Gasteiger charge is 2.17. The quantitative estimate of drug-likeness (QED) is 0.662. The normalized spacial score (nSPS) is 12.3. The summed E-state index contributed by atoms with van der Waals surface area (Å²) in [4.78, 5) is 34.6.